The summed E-state index contributed by atoms with van der Waals surface area (Å²) in [7, 11) is 0. The van der Waals surface area contributed by atoms with E-state index in [0.29, 0.717) is 5.56 Å². The van der Waals surface area contributed by atoms with Crippen molar-refractivity contribution in [2.45, 2.75) is 32.1 Å². The van der Waals surface area contributed by atoms with E-state index in [1.54, 1.807) is 0 Å². The number of carbonyl (C=O) groups excluding carboxylic acids is 1. The Labute approximate surface area is 107 Å². The van der Waals surface area contributed by atoms with Gasteiger partial charge in [-0.15, -0.1) is 0 Å². The van der Waals surface area contributed by atoms with Crippen LogP contribution < -0.4 is 5.73 Å². The minimum absolute atomic E-state index is 0.0746. The van der Waals surface area contributed by atoms with E-state index in [1.165, 1.54) is 37.5 Å². The van der Waals surface area contributed by atoms with Gasteiger partial charge in [0.2, 0.25) is 0 Å². The zero-order chi connectivity index (χ0) is 13.0. The molecule has 2 N–H and O–H groups in total. The van der Waals surface area contributed by atoms with Crippen molar-refractivity contribution >= 4 is 11.6 Å². The van der Waals surface area contributed by atoms with Crippen LogP contribution in [0.1, 0.15) is 42.5 Å². The molecule has 1 fully saturated rings. The van der Waals surface area contributed by atoms with Crippen molar-refractivity contribution in [2.75, 3.05) is 18.8 Å². The van der Waals surface area contributed by atoms with Crippen molar-refractivity contribution in [2.24, 2.45) is 0 Å². The number of rotatable bonds is 1. The lowest BCUT2D eigenvalue weighted by Crippen LogP contribution is -2.34. The molecule has 0 saturated carbocycles. The molecule has 98 valence electrons. The SMILES string of the molecule is Nc1cc(F)ccc1C(=O)N1CCCCCCC1. The quantitative estimate of drug-likeness (QED) is 0.779. The number of nitrogens with two attached hydrogens (primary N) is 1. The number of nitrogens with zero attached hydrogens (tertiary/aromatic N) is 1. The third-order valence-electron chi connectivity index (χ3n) is 3.39. The predicted molar refractivity (Wildman–Crippen MR) is 69.8 cm³/mol. The van der Waals surface area contributed by atoms with E-state index in [2.05, 4.69) is 0 Å². The van der Waals surface area contributed by atoms with Crippen LogP contribution in [-0.4, -0.2) is 23.9 Å². The van der Waals surface area contributed by atoms with E-state index in [-0.39, 0.29) is 11.6 Å². The van der Waals surface area contributed by atoms with Gasteiger partial charge in [0, 0.05) is 18.8 Å². The van der Waals surface area contributed by atoms with Crippen LogP contribution in [0.3, 0.4) is 0 Å². The van der Waals surface area contributed by atoms with Crippen LogP contribution in [0.2, 0.25) is 0 Å². The van der Waals surface area contributed by atoms with E-state index in [9.17, 15) is 9.18 Å². The molecule has 0 radical (unpaired) electrons. The maximum Gasteiger partial charge on any atom is 0.255 e. The van der Waals surface area contributed by atoms with Crippen molar-refractivity contribution in [3.63, 3.8) is 0 Å². The van der Waals surface area contributed by atoms with Gasteiger partial charge >= 0.3 is 0 Å². The Balaban J connectivity index is 2.13. The zero-order valence-electron chi connectivity index (χ0n) is 10.5. The van der Waals surface area contributed by atoms with Gasteiger partial charge in [0.05, 0.1) is 5.56 Å². The molecule has 4 heteroatoms. The number of anilines is 1. The average molecular weight is 250 g/mol. The second-order valence-corrected chi connectivity index (χ2v) is 4.79. The van der Waals surface area contributed by atoms with E-state index < -0.39 is 5.82 Å². The first-order valence-corrected chi connectivity index (χ1v) is 6.53. The second-order valence-electron chi connectivity index (χ2n) is 4.79. The highest BCUT2D eigenvalue weighted by molar-refractivity contribution is 5.99. The van der Waals surface area contributed by atoms with Crippen LogP contribution in [0.5, 0.6) is 0 Å². The van der Waals surface area contributed by atoms with Crippen molar-refractivity contribution in [1.82, 2.24) is 4.90 Å². The Hall–Kier alpha value is -1.58. The van der Waals surface area contributed by atoms with E-state index in [0.717, 1.165) is 25.9 Å². The fourth-order valence-electron chi connectivity index (χ4n) is 2.35. The summed E-state index contributed by atoms with van der Waals surface area (Å²) in [4.78, 5) is 14.2. The molecule has 1 amide bonds. The third kappa shape index (κ3) is 3.00. The van der Waals surface area contributed by atoms with Crippen molar-refractivity contribution < 1.29 is 9.18 Å². The third-order valence-corrected chi connectivity index (χ3v) is 3.39. The lowest BCUT2D eigenvalue weighted by atomic mass is 10.1. The summed E-state index contributed by atoms with van der Waals surface area (Å²) in [6.45, 7) is 1.55. The Kier molecular flexibility index (Phi) is 4.18. The number of carbonyl (C=O) groups is 1. The van der Waals surface area contributed by atoms with Gasteiger partial charge in [-0.3, -0.25) is 4.79 Å². The smallest absolute Gasteiger partial charge is 0.255 e. The van der Waals surface area contributed by atoms with Crippen molar-refractivity contribution in [1.29, 1.82) is 0 Å². The number of hydrogen-bond acceptors (Lipinski definition) is 2. The number of halogens is 1. The topological polar surface area (TPSA) is 46.3 Å². The minimum Gasteiger partial charge on any atom is -0.398 e. The predicted octanol–water partition coefficient (Wildman–Crippen LogP) is 2.81. The van der Waals surface area contributed by atoms with Crippen LogP contribution in [0.4, 0.5) is 10.1 Å². The van der Waals surface area contributed by atoms with E-state index >= 15 is 0 Å². The molecule has 0 bridgehead atoms. The highest BCUT2D eigenvalue weighted by Gasteiger charge is 2.18. The standard InChI is InChI=1S/C14H19FN2O/c15-11-6-7-12(13(16)10-11)14(18)17-8-4-2-1-3-5-9-17/h6-7,10H,1-5,8-9,16H2. The summed E-state index contributed by atoms with van der Waals surface area (Å²) in [6.07, 6.45) is 5.66. The summed E-state index contributed by atoms with van der Waals surface area (Å²) >= 11 is 0. The van der Waals surface area contributed by atoms with Crippen LogP contribution in [0.25, 0.3) is 0 Å². The van der Waals surface area contributed by atoms with Gasteiger partial charge in [-0.1, -0.05) is 19.3 Å². The highest BCUT2D eigenvalue weighted by atomic mass is 19.1. The maximum atomic E-state index is 13.0. The summed E-state index contributed by atoms with van der Waals surface area (Å²) in [5, 5.41) is 0. The highest BCUT2D eigenvalue weighted by Crippen LogP contribution is 2.18. The average Bonchev–Trinajstić information content (AvgIpc) is 2.27. The van der Waals surface area contributed by atoms with Gasteiger partial charge in [0.1, 0.15) is 5.82 Å². The molecule has 0 aromatic heterocycles. The van der Waals surface area contributed by atoms with Crippen molar-refractivity contribution in [3.8, 4) is 0 Å². The fraction of sp³-hybridized carbons (Fsp3) is 0.500. The molecule has 1 saturated heterocycles. The molecular formula is C14H19FN2O. The van der Waals surface area contributed by atoms with E-state index in [4.69, 9.17) is 5.73 Å². The maximum absolute atomic E-state index is 13.0. The molecule has 1 aliphatic heterocycles. The van der Waals surface area contributed by atoms with Crippen LogP contribution in [-0.2, 0) is 0 Å². The number of benzene rings is 1. The van der Waals surface area contributed by atoms with Crippen LogP contribution in [0, 0.1) is 5.82 Å². The summed E-state index contributed by atoms with van der Waals surface area (Å²) in [5.41, 5.74) is 6.35. The molecule has 1 heterocycles. The molecule has 18 heavy (non-hydrogen) atoms. The van der Waals surface area contributed by atoms with Crippen LogP contribution in [0.15, 0.2) is 18.2 Å². The molecule has 0 atom stereocenters. The second kappa shape index (κ2) is 5.85. The summed E-state index contributed by atoms with van der Waals surface area (Å²) in [6, 6.07) is 3.97. The lowest BCUT2D eigenvalue weighted by Gasteiger charge is -2.25. The Bertz CT molecular complexity index is 426. The number of hydrogen-bond donors (Lipinski definition) is 1. The molecule has 0 aliphatic carbocycles. The number of likely N-dealkylation sites (tertiary alicyclic amines) is 1. The molecule has 0 spiro atoms. The largest absolute Gasteiger partial charge is 0.398 e. The van der Waals surface area contributed by atoms with Crippen molar-refractivity contribution in [3.05, 3.63) is 29.6 Å². The first-order chi connectivity index (χ1) is 8.68. The van der Waals surface area contributed by atoms with Gasteiger partial charge in [0.25, 0.3) is 5.91 Å². The Morgan fingerprint density at radius 3 is 2.33 bits per heavy atom. The van der Waals surface area contributed by atoms with Gasteiger partial charge in [-0.2, -0.15) is 0 Å². The molecule has 1 aromatic carbocycles. The first-order valence-electron chi connectivity index (χ1n) is 6.53. The molecule has 0 unspecified atom stereocenters. The zero-order valence-corrected chi connectivity index (χ0v) is 10.5. The minimum atomic E-state index is -0.406. The Morgan fingerprint density at radius 2 is 1.72 bits per heavy atom. The van der Waals surface area contributed by atoms with Gasteiger partial charge in [-0.05, 0) is 31.0 Å². The number of nitrogen functional groups attached to an aromatic ring is 1. The summed E-state index contributed by atoms with van der Waals surface area (Å²) < 4.78 is 13.0. The molecule has 3 nitrogen and oxygen atoms in total. The van der Waals surface area contributed by atoms with Gasteiger partial charge in [-0.25, -0.2) is 4.39 Å². The summed E-state index contributed by atoms with van der Waals surface area (Å²) in [5.74, 6) is -0.480. The molecule has 2 rings (SSSR count). The molecular weight excluding hydrogens is 231 g/mol. The lowest BCUT2D eigenvalue weighted by molar-refractivity contribution is 0.0743. The molecule has 1 aromatic rings. The Morgan fingerprint density at radius 1 is 1.11 bits per heavy atom. The normalized spacial score (nSPS) is 17.1. The fourth-order valence-corrected chi connectivity index (χ4v) is 2.35. The first kappa shape index (κ1) is 12.9. The van der Waals surface area contributed by atoms with Crippen LogP contribution >= 0.6 is 0 Å². The van der Waals surface area contributed by atoms with E-state index in [1.807, 2.05) is 4.90 Å². The monoisotopic (exact) mass is 250 g/mol. The van der Waals surface area contributed by atoms with Gasteiger partial charge in [0.15, 0.2) is 0 Å². The number of amides is 1. The van der Waals surface area contributed by atoms with Gasteiger partial charge < -0.3 is 10.6 Å². The molecule has 1 aliphatic rings.